The van der Waals surface area contributed by atoms with Gasteiger partial charge in [-0.3, -0.25) is 0 Å². The molecular formula is C10H9ClF3NOS. The second kappa shape index (κ2) is 5.55. The monoisotopic (exact) mass is 283 g/mol. The molecule has 0 bridgehead atoms. The lowest BCUT2D eigenvalue weighted by molar-refractivity contribution is -0.139. The largest absolute Gasteiger partial charge is 0.492 e. The summed E-state index contributed by atoms with van der Waals surface area (Å²) in [7, 11) is 0. The second-order valence-electron chi connectivity index (χ2n) is 3.22. The van der Waals surface area contributed by atoms with Gasteiger partial charge < -0.3 is 10.5 Å². The lowest BCUT2D eigenvalue weighted by Crippen LogP contribution is -2.16. The molecule has 0 radical (unpaired) electrons. The van der Waals surface area contributed by atoms with Crippen LogP contribution in [0.3, 0.4) is 0 Å². The average Bonchev–Trinajstić information content (AvgIpc) is 2.18. The van der Waals surface area contributed by atoms with Gasteiger partial charge in [-0.2, -0.15) is 13.2 Å². The maximum absolute atomic E-state index is 11.9. The molecule has 0 atom stereocenters. The fourth-order valence-corrected chi connectivity index (χ4v) is 1.43. The Bertz CT molecular complexity index is 423. The van der Waals surface area contributed by atoms with Gasteiger partial charge in [-0.05, 0) is 18.2 Å². The van der Waals surface area contributed by atoms with Crippen LogP contribution in [0.25, 0.3) is 0 Å². The normalized spacial score (nSPS) is 11.3. The molecule has 0 aliphatic rings. The molecule has 2 nitrogen and oxygen atoms in total. The fourth-order valence-electron chi connectivity index (χ4n) is 1.10. The van der Waals surface area contributed by atoms with Crippen LogP contribution in [-0.2, 0) is 0 Å². The Morgan fingerprint density at radius 1 is 1.41 bits per heavy atom. The van der Waals surface area contributed by atoms with Crippen LogP contribution >= 0.6 is 23.8 Å². The Morgan fingerprint density at radius 2 is 2.06 bits per heavy atom. The van der Waals surface area contributed by atoms with Gasteiger partial charge in [0.05, 0.1) is 18.6 Å². The molecule has 0 fully saturated rings. The van der Waals surface area contributed by atoms with Crippen LogP contribution in [0.4, 0.5) is 13.2 Å². The molecule has 0 aromatic heterocycles. The highest BCUT2D eigenvalue weighted by Crippen LogP contribution is 2.25. The van der Waals surface area contributed by atoms with Gasteiger partial charge in [-0.1, -0.05) is 23.8 Å². The Morgan fingerprint density at radius 3 is 2.59 bits per heavy atom. The van der Waals surface area contributed by atoms with Gasteiger partial charge in [0.2, 0.25) is 0 Å². The summed E-state index contributed by atoms with van der Waals surface area (Å²) < 4.78 is 40.8. The van der Waals surface area contributed by atoms with E-state index < -0.39 is 19.2 Å². The van der Waals surface area contributed by atoms with Crippen LogP contribution in [0.15, 0.2) is 18.2 Å². The Labute approximate surface area is 107 Å². The first kappa shape index (κ1) is 14.1. The van der Waals surface area contributed by atoms with Crippen molar-refractivity contribution in [3.05, 3.63) is 28.8 Å². The lowest BCUT2D eigenvalue weighted by Gasteiger charge is -2.12. The highest BCUT2D eigenvalue weighted by molar-refractivity contribution is 7.80. The molecule has 0 aliphatic heterocycles. The van der Waals surface area contributed by atoms with E-state index in [-0.39, 0.29) is 10.7 Å². The second-order valence-corrected chi connectivity index (χ2v) is 4.09. The summed E-state index contributed by atoms with van der Waals surface area (Å²) in [6.45, 7) is -0.485. The minimum Gasteiger partial charge on any atom is -0.492 e. The van der Waals surface area contributed by atoms with Crippen LogP contribution in [0.2, 0.25) is 5.02 Å². The van der Waals surface area contributed by atoms with Crippen LogP contribution in [-0.4, -0.2) is 17.8 Å². The summed E-state index contributed by atoms with van der Waals surface area (Å²) in [6.07, 6.45) is -5.29. The number of nitrogens with two attached hydrogens (primary N) is 1. The zero-order chi connectivity index (χ0) is 13.1. The van der Waals surface area contributed by atoms with E-state index in [1.807, 2.05) is 0 Å². The van der Waals surface area contributed by atoms with E-state index in [0.717, 1.165) is 0 Å². The molecule has 17 heavy (non-hydrogen) atoms. The number of thiocarbonyl (C=S) groups is 1. The van der Waals surface area contributed by atoms with Crippen LogP contribution < -0.4 is 10.5 Å². The Hall–Kier alpha value is -1.01. The van der Waals surface area contributed by atoms with Crippen molar-refractivity contribution in [1.29, 1.82) is 0 Å². The standard InChI is InChI=1S/C10H9ClF3NOS/c11-6-1-2-8(7(5-6)9(15)17)16-4-3-10(12,13)14/h1-2,5H,3-4H2,(H2,15,17). The van der Waals surface area contributed by atoms with Gasteiger partial charge in [0.25, 0.3) is 0 Å². The first-order valence-corrected chi connectivity index (χ1v) is 5.37. The zero-order valence-corrected chi connectivity index (χ0v) is 10.1. The van der Waals surface area contributed by atoms with Crippen molar-refractivity contribution < 1.29 is 17.9 Å². The number of halogens is 4. The molecule has 1 aromatic rings. The predicted octanol–water partition coefficient (Wildman–Crippen LogP) is 3.31. The number of hydrogen-bond donors (Lipinski definition) is 1. The van der Waals surface area contributed by atoms with Crippen molar-refractivity contribution in [2.45, 2.75) is 12.6 Å². The molecule has 0 spiro atoms. The summed E-state index contributed by atoms with van der Waals surface area (Å²) >= 11 is 10.5. The van der Waals surface area contributed by atoms with Gasteiger partial charge in [0, 0.05) is 5.02 Å². The van der Waals surface area contributed by atoms with Crippen LogP contribution in [0.5, 0.6) is 5.75 Å². The van der Waals surface area contributed by atoms with E-state index in [9.17, 15) is 13.2 Å². The van der Waals surface area contributed by atoms with Gasteiger partial charge in [-0.15, -0.1) is 0 Å². The Kier molecular flexibility index (Phi) is 4.59. The molecule has 1 rings (SSSR count). The highest BCUT2D eigenvalue weighted by Gasteiger charge is 2.27. The Balaban J connectivity index is 2.74. The number of benzene rings is 1. The highest BCUT2D eigenvalue weighted by atomic mass is 35.5. The van der Waals surface area contributed by atoms with Crippen molar-refractivity contribution in [3.8, 4) is 5.75 Å². The van der Waals surface area contributed by atoms with Crippen LogP contribution in [0.1, 0.15) is 12.0 Å². The van der Waals surface area contributed by atoms with Gasteiger partial charge >= 0.3 is 6.18 Å². The molecule has 94 valence electrons. The minimum absolute atomic E-state index is 0.0227. The minimum atomic E-state index is -4.25. The summed E-state index contributed by atoms with van der Waals surface area (Å²) in [6, 6.07) is 4.38. The summed E-state index contributed by atoms with van der Waals surface area (Å²) in [5.74, 6) is 0.200. The maximum Gasteiger partial charge on any atom is 0.392 e. The van der Waals surface area contributed by atoms with E-state index in [4.69, 9.17) is 34.3 Å². The van der Waals surface area contributed by atoms with E-state index in [2.05, 4.69) is 0 Å². The molecule has 0 saturated heterocycles. The number of rotatable bonds is 4. The molecular weight excluding hydrogens is 275 g/mol. The quantitative estimate of drug-likeness (QED) is 0.861. The number of alkyl halides is 3. The first-order valence-electron chi connectivity index (χ1n) is 4.58. The molecule has 2 N–H and O–H groups in total. The van der Waals surface area contributed by atoms with Crippen molar-refractivity contribution >= 4 is 28.8 Å². The smallest absolute Gasteiger partial charge is 0.392 e. The van der Waals surface area contributed by atoms with E-state index in [0.29, 0.717) is 10.6 Å². The molecule has 0 unspecified atom stereocenters. The fraction of sp³-hybridized carbons (Fsp3) is 0.300. The third kappa shape index (κ3) is 4.79. The average molecular weight is 284 g/mol. The summed E-state index contributed by atoms with van der Waals surface area (Å²) in [5.41, 5.74) is 5.74. The third-order valence-corrected chi connectivity index (χ3v) is 2.31. The van der Waals surface area contributed by atoms with Gasteiger partial charge in [0.15, 0.2) is 0 Å². The summed E-state index contributed by atoms with van der Waals surface area (Å²) in [5, 5.41) is 0.385. The molecule has 1 aromatic carbocycles. The first-order chi connectivity index (χ1) is 7.79. The maximum atomic E-state index is 11.9. The van der Waals surface area contributed by atoms with Crippen molar-refractivity contribution in [3.63, 3.8) is 0 Å². The van der Waals surface area contributed by atoms with E-state index in [1.165, 1.54) is 18.2 Å². The topological polar surface area (TPSA) is 35.2 Å². The molecule has 7 heteroatoms. The molecule has 0 heterocycles. The predicted molar refractivity (Wildman–Crippen MR) is 63.5 cm³/mol. The van der Waals surface area contributed by atoms with Crippen molar-refractivity contribution in [2.75, 3.05) is 6.61 Å². The van der Waals surface area contributed by atoms with Gasteiger partial charge in [-0.25, -0.2) is 0 Å². The van der Waals surface area contributed by atoms with Gasteiger partial charge in [0.1, 0.15) is 10.7 Å². The third-order valence-electron chi connectivity index (χ3n) is 1.85. The molecule has 0 saturated carbocycles. The number of hydrogen-bond acceptors (Lipinski definition) is 2. The van der Waals surface area contributed by atoms with Crippen LogP contribution in [0, 0.1) is 0 Å². The van der Waals surface area contributed by atoms with E-state index >= 15 is 0 Å². The summed E-state index contributed by atoms with van der Waals surface area (Å²) in [4.78, 5) is 0.0227. The zero-order valence-electron chi connectivity index (χ0n) is 8.55. The van der Waals surface area contributed by atoms with Crippen molar-refractivity contribution in [1.82, 2.24) is 0 Å². The van der Waals surface area contributed by atoms with E-state index in [1.54, 1.807) is 0 Å². The molecule has 0 amide bonds. The number of ether oxygens (including phenoxy) is 1. The molecule has 0 aliphatic carbocycles. The van der Waals surface area contributed by atoms with Crippen molar-refractivity contribution in [2.24, 2.45) is 5.73 Å². The lowest BCUT2D eigenvalue weighted by atomic mass is 10.2. The SMILES string of the molecule is NC(=S)c1cc(Cl)ccc1OCCC(F)(F)F.